The van der Waals surface area contributed by atoms with Gasteiger partial charge in [-0.2, -0.15) is 0 Å². The molecule has 64 valence electrons. The van der Waals surface area contributed by atoms with Crippen molar-refractivity contribution < 1.29 is 9.18 Å². The average molecular weight is 187 g/mol. The van der Waals surface area contributed by atoms with Crippen molar-refractivity contribution in [3.8, 4) is 0 Å². The Balaban J connectivity index is 0.000000217. The average Bonchev–Trinajstić information content (AvgIpc) is 2.07. The van der Waals surface area contributed by atoms with Crippen LogP contribution < -0.4 is 0 Å². The molecule has 0 aromatic heterocycles. The summed E-state index contributed by atoms with van der Waals surface area (Å²) < 4.78 is 11.9. The Bertz CT molecular complexity index is 246. The molecule has 1 rings (SSSR count). The van der Waals surface area contributed by atoms with Crippen LogP contribution in [-0.2, 0) is 4.79 Å². The number of carbonyl (C=O) groups is 1. The molecule has 0 bridgehead atoms. The summed E-state index contributed by atoms with van der Waals surface area (Å²) in [7, 11) is 0. The number of hydrogen-bond acceptors (Lipinski definition) is 1. The van der Waals surface area contributed by atoms with Gasteiger partial charge >= 0.3 is 0 Å². The van der Waals surface area contributed by atoms with E-state index in [4.69, 9.17) is 11.6 Å². The van der Waals surface area contributed by atoms with E-state index in [0.29, 0.717) is 0 Å². The lowest BCUT2D eigenvalue weighted by atomic mass is 10.4. The number of halogens is 2. The lowest BCUT2D eigenvalue weighted by Gasteiger charge is -1.78. The van der Waals surface area contributed by atoms with Gasteiger partial charge in [-0.05, 0) is 29.8 Å². The van der Waals surface area contributed by atoms with Crippen LogP contribution in [0.5, 0.6) is 0 Å². The van der Waals surface area contributed by atoms with Crippen LogP contribution in [0.25, 0.3) is 0 Å². The first-order valence-corrected chi connectivity index (χ1v) is 3.57. The number of allylic oxidation sites excluding steroid dienone is 1. The van der Waals surface area contributed by atoms with Gasteiger partial charge in [0.05, 0.1) is 0 Å². The van der Waals surface area contributed by atoms with Gasteiger partial charge in [-0.15, -0.1) is 0 Å². The Morgan fingerprint density at radius 1 is 1.42 bits per heavy atom. The second kappa shape index (κ2) is 6.55. The lowest BCUT2D eigenvalue weighted by Crippen LogP contribution is -1.67. The van der Waals surface area contributed by atoms with E-state index in [1.165, 1.54) is 12.1 Å². The molecule has 1 nitrogen and oxygen atoms in total. The van der Waals surface area contributed by atoms with Gasteiger partial charge in [-0.3, -0.25) is 4.79 Å². The predicted octanol–water partition coefficient (Wildman–Crippen LogP) is 2.76. The maximum absolute atomic E-state index is 11.9. The highest BCUT2D eigenvalue weighted by Crippen LogP contribution is 1.91. The van der Waals surface area contributed by atoms with Crippen LogP contribution in [0.1, 0.15) is 0 Å². The molecule has 1 aromatic carbocycles. The third kappa shape index (κ3) is 6.96. The van der Waals surface area contributed by atoms with Crippen LogP contribution in [0.3, 0.4) is 0 Å². The van der Waals surface area contributed by atoms with Crippen molar-refractivity contribution in [2.75, 3.05) is 0 Å². The first-order valence-electron chi connectivity index (χ1n) is 3.19. The number of hydrogen-bond donors (Lipinski definition) is 0. The minimum Gasteiger partial charge on any atom is -0.276 e. The molecule has 0 unspecified atom stereocenters. The van der Waals surface area contributed by atoms with Crippen molar-refractivity contribution in [1.29, 1.82) is 0 Å². The minimum absolute atomic E-state index is 0.178. The molecular formula is C9H8ClFO. The largest absolute Gasteiger partial charge is 0.276 e. The summed E-state index contributed by atoms with van der Waals surface area (Å²) in [4.78, 5) is 9.46. The normalized spacial score (nSPS) is 7.83. The van der Waals surface area contributed by atoms with Crippen LogP contribution in [-0.4, -0.2) is 5.24 Å². The van der Waals surface area contributed by atoms with Crippen LogP contribution in [0.4, 0.5) is 4.39 Å². The van der Waals surface area contributed by atoms with Crippen molar-refractivity contribution in [2.24, 2.45) is 0 Å². The highest BCUT2D eigenvalue weighted by Gasteiger charge is 1.77. The van der Waals surface area contributed by atoms with E-state index in [-0.39, 0.29) is 5.82 Å². The second-order valence-electron chi connectivity index (χ2n) is 1.80. The standard InChI is InChI=1S/C6H5F.C3H3ClO/c7-6-4-2-1-3-5-6;1-2-3(4)5/h1-5H;2H,1H2. The minimum atomic E-state index is -0.509. The molecule has 1 aromatic rings. The zero-order chi connectivity index (χ0) is 9.40. The lowest BCUT2D eigenvalue weighted by molar-refractivity contribution is -0.107. The Morgan fingerprint density at radius 2 is 1.83 bits per heavy atom. The van der Waals surface area contributed by atoms with Crippen LogP contribution in [0, 0.1) is 5.82 Å². The number of benzene rings is 1. The third-order valence-corrected chi connectivity index (χ3v) is 1.05. The van der Waals surface area contributed by atoms with Crippen LogP contribution in [0.15, 0.2) is 43.0 Å². The quantitative estimate of drug-likeness (QED) is 0.487. The molecule has 3 heteroatoms. The summed E-state index contributed by atoms with van der Waals surface area (Å²) in [6.07, 6.45) is 1.04. The maximum Gasteiger partial charge on any atom is 0.244 e. The second-order valence-corrected chi connectivity index (χ2v) is 2.18. The van der Waals surface area contributed by atoms with Gasteiger partial charge in [0.1, 0.15) is 5.82 Å². The van der Waals surface area contributed by atoms with Crippen molar-refractivity contribution in [2.45, 2.75) is 0 Å². The fourth-order valence-electron chi connectivity index (χ4n) is 0.415. The van der Waals surface area contributed by atoms with Gasteiger partial charge in [-0.25, -0.2) is 4.39 Å². The van der Waals surface area contributed by atoms with Gasteiger partial charge in [0, 0.05) is 0 Å². The summed E-state index contributed by atoms with van der Waals surface area (Å²) in [5, 5.41) is -0.509. The van der Waals surface area contributed by atoms with E-state index in [1.54, 1.807) is 18.2 Å². The highest BCUT2D eigenvalue weighted by molar-refractivity contribution is 6.66. The Hall–Kier alpha value is -1.15. The van der Waals surface area contributed by atoms with Gasteiger partial charge < -0.3 is 0 Å². The summed E-state index contributed by atoms with van der Waals surface area (Å²) in [6.45, 7) is 3.08. The van der Waals surface area contributed by atoms with E-state index in [2.05, 4.69) is 6.58 Å². The van der Waals surface area contributed by atoms with Gasteiger partial charge in [-0.1, -0.05) is 24.8 Å². The maximum atomic E-state index is 11.9. The molecule has 0 aliphatic rings. The Kier molecular flexibility index (Phi) is 5.93. The molecule has 0 radical (unpaired) electrons. The van der Waals surface area contributed by atoms with Gasteiger partial charge in [0.2, 0.25) is 5.24 Å². The zero-order valence-corrected chi connectivity index (χ0v) is 7.09. The molecule has 0 N–H and O–H groups in total. The smallest absolute Gasteiger partial charge is 0.244 e. The molecule has 0 saturated carbocycles. The van der Waals surface area contributed by atoms with Crippen molar-refractivity contribution in [3.63, 3.8) is 0 Å². The molecule has 12 heavy (non-hydrogen) atoms. The van der Waals surface area contributed by atoms with Crippen LogP contribution in [0.2, 0.25) is 0 Å². The van der Waals surface area contributed by atoms with Crippen molar-refractivity contribution >= 4 is 16.8 Å². The topological polar surface area (TPSA) is 17.1 Å². The fraction of sp³-hybridized carbons (Fsp3) is 0. The molecule has 0 heterocycles. The molecule has 0 spiro atoms. The summed E-state index contributed by atoms with van der Waals surface area (Å²) in [6, 6.07) is 7.94. The molecule has 0 aliphatic carbocycles. The Labute approximate surface area is 75.5 Å². The number of rotatable bonds is 1. The molecule has 0 fully saturated rings. The fourth-order valence-corrected chi connectivity index (χ4v) is 0.415. The SMILES string of the molecule is C=CC(=O)Cl.Fc1ccccc1. The molecule has 0 saturated heterocycles. The molecule has 0 aliphatic heterocycles. The van der Waals surface area contributed by atoms with Crippen molar-refractivity contribution in [1.82, 2.24) is 0 Å². The summed E-state index contributed by atoms with van der Waals surface area (Å²) in [5.41, 5.74) is 0. The van der Waals surface area contributed by atoms with Gasteiger partial charge in [0.25, 0.3) is 0 Å². The Morgan fingerprint density at radius 3 is 2.00 bits per heavy atom. The first kappa shape index (κ1) is 10.8. The highest BCUT2D eigenvalue weighted by atomic mass is 35.5. The van der Waals surface area contributed by atoms with Crippen LogP contribution >= 0.6 is 11.6 Å². The molecule has 0 atom stereocenters. The number of carbonyl (C=O) groups excluding carboxylic acids is 1. The molecular weight excluding hydrogens is 179 g/mol. The van der Waals surface area contributed by atoms with Crippen molar-refractivity contribution in [3.05, 3.63) is 48.8 Å². The van der Waals surface area contributed by atoms with E-state index in [9.17, 15) is 9.18 Å². The molecule has 0 amide bonds. The van der Waals surface area contributed by atoms with E-state index in [0.717, 1.165) is 6.08 Å². The third-order valence-electron chi connectivity index (χ3n) is 0.894. The monoisotopic (exact) mass is 186 g/mol. The summed E-state index contributed by atoms with van der Waals surface area (Å²) >= 11 is 4.71. The predicted molar refractivity (Wildman–Crippen MR) is 47.5 cm³/mol. The van der Waals surface area contributed by atoms with E-state index >= 15 is 0 Å². The van der Waals surface area contributed by atoms with Gasteiger partial charge in [0.15, 0.2) is 0 Å². The summed E-state index contributed by atoms with van der Waals surface area (Å²) in [5.74, 6) is -0.178. The van der Waals surface area contributed by atoms with E-state index in [1.807, 2.05) is 0 Å². The zero-order valence-electron chi connectivity index (χ0n) is 6.34. The first-order chi connectivity index (χ1) is 5.66. The van der Waals surface area contributed by atoms with E-state index < -0.39 is 5.24 Å².